The molecule has 0 N–H and O–H groups in total. The van der Waals surface area contributed by atoms with E-state index in [4.69, 9.17) is 4.74 Å². The van der Waals surface area contributed by atoms with E-state index < -0.39 is 0 Å². The molecule has 0 radical (unpaired) electrons. The molecule has 3 aromatic rings. The van der Waals surface area contributed by atoms with E-state index in [2.05, 4.69) is 17.9 Å². The highest BCUT2D eigenvalue weighted by atomic mass is 32.1. The topological polar surface area (TPSA) is 26.3 Å². The lowest BCUT2D eigenvalue weighted by atomic mass is 9.80. The van der Waals surface area contributed by atoms with Crippen LogP contribution in [-0.4, -0.2) is 5.97 Å². The molecule has 0 amide bonds. The number of hydrogen-bond donors (Lipinski definition) is 0. The maximum Gasteiger partial charge on any atom is 0.315 e. The smallest absolute Gasteiger partial charge is 0.315 e. The predicted octanol–water partition coefficient (Wildman–Crippen LogP) is 5.18. The van der Waals surface area contributed by atoms with E-state index >= 15 is 0 Å². The Kier molecular flexibility index (Phi) is 5.18. The van der Waals surface area contributed by atoms with E-state index in [1.165, 1.54) is 6.26 Å². The molecule has 27 heavy (non-hydrogen) atoms. The van der Waals surface area contributed by atoms with Gasteiger partial charge in [-0.25, -0.2) is 0 Å². The average molecular weight is 370 g/mol. The molecule has 0 spiro atoms. The van der Waals surface area contributed by atoms with E-state index in [9.17, 15) is 4.79 Å². The van der Waals surface area contributed by atoms with Gasteiger partial charge in [-0.1, -0.05) is 66.4 Å². The lowest BCUT2D eigenvalue weighted by molar-refractivity contribution is -0.144. The van der Waals surface area contributed by atoms with Gasteiger partial charge in [-0.15, -0.1) is 11.3 Å². The number of carbonyl (C=O) groups is 1. The maximum atomic E-state index is 12.6. The van der Waals surface area contributed by atoms with E-state index in [1.807, 2.05) is 72.1 Å². The summed E-state index contributed by atoms with van der Waals surface area (Å²) in [5, 5.41) is 2.04. The van der Waals surface area contributed by atoms with Crippen LogP contribution in [0.25, 0.3) is 0 Å². The zero-order chi connectivity index (χ0) is 18.5. The number of thiophene rings is 1. The summed E-state index contributed by atoms with van der Waals surface area (Å²) in [6, 6.07) is 24.0. The molecule has 2 nitrogen and oxygen atoms in total. The number of benzene rings is 2. The molecule has 2 heterocycles. The first kappa shape index (κ1) is 17.3. The molecule has 0 saturated heterocycles. The summed E-state index contributed by atoms with van der Waals surface area (Å²) in [5.41, 5.74) is 2.92. The third-order valence-electron chi connectivity index (χ3n) is 4.62. The normalized spacial score (nSPS) is 18.8. The van der Waals surface area contributed by atoms with E-state index in [0.29, 0.717) is 6.42 Å². The Morgan fingerprint density at radius 1 is 0.889 bits per heavy atom. The molecule has 2 aromatic carbocycles. The molecule has 0 unspecified atom stereocenters. The van der Waals surface area contributed by atoms with Gasteiger partial charge in [0.25, 0.3) is 0 Å². The second-order valence-electron chi connectivity index (χ2n) is 6.42. The van der Waals surface area contributed by atoms with Crippen LogP contribution in [0, 0.1) is 17.8 Å². The van der Waals surface area contributed by atoms with Crippen molar-refractivity contribution >= 4 is 17.3 Å². The quantitative estimate of drug-likeness (QED) is 0.469. The molecule has 2 atom stereocenters. The third-order valence-corrected chi connectivity index (χ3v) is 5.57. The molecule has 0 fully saturated rings. The zero-order valence-electron chi connectivity index (χ0n) is 14.7. The summed E-state index contributed by atoms with van der Waals surface area (Å²) in [7, 11) is 0. The average Bonchev–Trinajstić information content (AvgIpc) is 3.24. The fourth-order valence-electron chi connectivity index (χ4n) is 3.30. The Bertz CT molecular complexity index is 993. The molecule has 0 bridgehead atoms. The van der Waals surface area contributed by atoms with Gasteiger partial charge in [0.15, 0.2) is 0 Å². The van der Waals surface area contributed by atoms with Crippen LogP contribution in [0.2, 0.25) is 0 Å². The van der Waals surface area contributed by atoms with Crippen LogP contribution >= 0.6 is 11.3 Å². The van der Waals surface area contributed by atoms with Gasteiger partial charge < -0.3 is 4.74 Å². The van der Waals surface area contributed by atoms with Gasteiger partial charge in [-0.3, -0.25) is 4.79 Å². The minimum Gasteiger partial charge on any atom is -0.433 e. The number of carbonyl (C=O) groups excluding carboxylic acids is 1. The maximum absolute atomic E-state index is 12.6. The fraction of sp³-hybridized carbons (Fsp3) is 0.125. The molecule has 3 heteroatoms. The van der Waals surface area contributed by atoms with Crippen molar-refractivity contribution in [2.24, 2.45) is 5.92 Å². The Balaban J connectivity index is 1.70. The van der Waals surface area contributed by atoms with Crippen molar-refractivity contribution < 1.29 is 9.53 Å². The van der Waals surface area contributed by atoms with Gasteiger partial charge in [0.2, 0.25) is 0 Å². The lowest BCUT2D eigenvalue weighted by Crippen LogP contribution is -2.30. The first-order valence-corrected chi connectivity index (χ1v) is 9.74. The number of hydrogen-bond acceptors (Lipinski definition) is 3. The number of allylic oxidation sites excluding steroid dienone is 1. The van der Waals surface area contributed by atoms with Crippen LogP contribution in [0.1, 0.15) is 21.9 Å². The van der Waals surface area contributed by atoms with Crippen LogP contribution in [0.5, 0.6) is 0 Å². The molecule has 1 aromatic heterocycles. The van der Waals surface area contributed by atoms with Gasteiger partial charge in [0.05, 0.1) is 5.92 Å². The van der Waals surface area contributed by atoms with Gasteiger partial charge in [-0.2, -0.15) is 0 Å². The van der Waals surface area contributed by atoms with Crippen LogP contribution in [0.3, 0.4) is 0 Å². The van der Waals surface area contributed by atoms with Crippen LogP contribution < -0.4 is 0 Å². The minimum atomic E-state index is -0.281. The summed E-state index contributed by atoms with van der Waals surface area (Å²) in [5.74, 6) is 5.90. The molecule has 4 rings (SSSR count). The van der Waals surface area contributed by atoms with Gasteiger partial charge in [0, 0.05) is 21.9 Å². The monoisotopic (exact) mass is 370 g/mol. The Hall–Kier alpha value is -3.09. The highest BCUT2D eigenvalue weighted by Crippen LogP contribution is 2.39. The summed E-state index contributed by atoms with van der Waals surface area (Å²) in [4.78, 5) is 13.8. The van der Waals surface area contributed by atoms with E-state index in [0.717, 1.165) is 21.6 Å². The fourth-order valence-corrected chi connectivity index (χ4v) is 4.21. The van der Waals surface area contributed by atoms with Crippen LogP contribution in [0.4, 0.5) is 0 Å². The Labute approximate surface area is 163 Å². The molecule has 0 saturated carbocycles. The van der Waals surface area contributed by atoms with Crippen molar-refractivity contribution in [1.82, 2.24) is 0 Å². The van der Waals surface area contributed by atoms with E-state index in [1.54, 1.807) is 11.3 Å². The SMILES string of the molecule is O=C1OC=C(C#Cc2ccccc2)[C@@H](c2cccs2)[C@@H]1Cc1ccccc1. The molecule has 132 valence electrons. The zero-order valence-corrected chi connectivity index (χ0v) is 15.5. The number of rotatable bonds is 3. The summed E-state index contributed by atoms with van der Waals surface area (Å²) in [6.45, 7) is 0. The third kappa shape index (κ3) is 4.02. The highest BCUT2D eigenvalue weighted by Gasteiger charge is 2.37. The van der Waals surface area contributed by atoms with Crippen molar-refractivity contribution in [2.75, 3.05) is 0 Å². The van der Waals surface area contributed by atoms with Crippen molar-refractivity contribution in [2.45, 2.75) is 12.3 Å². The van der Waals surface area contributed by atoms with Crippen LogP contribution in [-0.2, 0) is 16.0 Å². The summed E-state index contributed by atoms with van der Waals surface area (Å²) >= 11 is 1.65. The van der Waals surface area contributed by atoms with Crippen molar-refractivity contribution in [3.63, 3.8) is 0 Å². The second kappa shape index (κ2) is 8.07. The van der Waals surface area contributed by atoms with Gasteiger partial charge in [-0.05, 0) is 35.6 Å². The van der Waals surface area contributed by atoms with Crippen molar-refractivity contribution in [3.8, 4) is 11.8 Å². The second-order valence-corrected chi connectivity index (χ2v) is 7.39. The lowest BCUT2D eigenvalue weighted by Gasteiger charge is -2.28. The van der Waals surface area contributed by atoms with Crippen molar-refractivity contribution in [1.29, 1.82) is 0 Å². The summed E-state index contributed by atoms with van der Waals surface area (Å²) < 4.78 is 5.39. The molecule has 0 aliphatic carbocycles. The molecule has 1 aliphatic rings. The number of ether oxygens (including phenoxy) is 1. The molecular weight excluding hydrogens is 352 g/mol. The Morgan fingerprint density at radius 3 is 2.33 bits per heavy atom. The van der Waals surface area contributed by atoms with E-state index in [-0.39, 0.29) is 17.8 Å². The number of esters is 1. The van der Waals surface area contributed by atoms with Crippen LogP contribution in [0.15, 0.2) is 90.0 Å². The highest BCUT2D eigenvalue weighted by molar-refractivity contribution is 7.10. The van der Waals surface area contributed by atoms with Gasteiger partial charge >= 0.3 is 5.97 Å². The first-order chi connectivity index (χ1) is 13.3. The van der Waals surface area contributed by atoms with Crippen molar-refractivity contribution in [3.05, 3.63) is 106 Å². The van der Waals surface area contributed by atoms with Gasteiger partial charge in [0.1, 0.15) is 6.26 Å². The largest absolute Gasteiger partial charge is 0.433 e. The first-order valence-electron chi connectivity index (χ1n) is 8.86. The molecule has 1 aliphatic heterocycles. The Morgan fingerprint density at radius 2 is 1.63 bits per heavy atom. The minimum absolute atomic E-state index is 0.0809. The predicted molar refractivity (Wildman–Crippen MR) is 108 cm³/mol. The number of cyclic esters (lactones) is 1. The summed E-state index contributed by atoms with van der Waals surface area (Å²) in [6.07, 6.45) is 2.16. The molecular formula is C24H18O2S. The standard InChI is InChI=1S/C24H18O2S/c25-24-21(16-19-10-5-2-6-11-19)23(22-12-7-15-27-22)20(17-26-24)14-13-18-8-3-1-4-9-18/h1-12,15,17,21,23H,16H2/t21-,23+/m0/s1.